The number of aliphatic imine (C=N–C) groups is 1. The molecule has 1 aliphatic heterocycles. The van der Waals surface area contributed by atoms with Crippen LogP contribution in [0.3, 0.4) is 0 Å². The molecule has 19 heavy (non-hydrogen) atoms. The second-order valence-corrected chi connectivity index (χ2v) is 6.26. The van der Waals surface area contributed by atoms with Crippen molar-refractivity contribution in [3.63, 3.8) is 0 Å². The molecular formula is C14H19BrClN3. The molecule has 1 heterocycles. The van der Waals surface area contributed by atoms with Crippen LogP contribution in [0.25, 0.3) is 0 Å². The van der Waals surface area contributed by atoms with E-state index in [1.165, 1.54) is 12.8 Å². The number of rotatable bonds is 4. The van der Waals surface area contributed by atoms with Gasteiger partial charge in [0.15, 0.2) is 5.96 Å². The van der Waals surface area contributed by atoms with E-state index in [1.54, 1.807) is 0 Å². The molecule has 0 aliphatic carbocycles. The van der Waals surface area contributed by atoms with Gasteiger partial charge < -0.3 is 10.6 Å². The van der Waals surface area contributed by atoms with E-state index < -0.39 is 0 Å². The standard InChI is InChI=1S/C14H19BrClN3/c1-3-4-9(2)13-8-18-14(17)19(13)10-5-6-12(16)11(15)7-10/h5-7,9,13H,3-4,8H2,1-2H3,(H2,17,18). The number of hydrogen-bond donors (Lipinski definition) is 1. The first-order valence-electron chi connectivity index (χ1n) is 6.58. The Bertz CT molecular complexity index is 490. The van der Waals surface area contributed by atoms with Crippen molar-refractivity contribution in [2.75, 3.05) is 11.4 Å². The molecule has 104 valence electrons. The summed E-state index contributed by atoms with van der Waals surface area (Å²) < 4.78 is 0.883. The lowest BCUT2D eigenvalue weighted by molar-refractivity contribution is 0.439. The molecule has 2 unspecified atom stereocenters. The third-order valence-electron chi connectivity index (χ3n) is 3.60. The number of halogens is 2. The summed E-state index contributed by atoms with van der Waals surface area (Å²) in [6, 6.07) is 6.22. The zero-order valence-electron chi connectivity index (χ0n) is 11.2. The van der Waals surface area contributed by atoms with Crippen molar-refractivity contribution < 1.29 is 0 Å². The third-order valence-corrected chi connectivity index (χ3v) is 4.81. The summed E-state index contributed by atoms with van der Waals surface area (Å²) in [5.74, 6) is 1.16. The number of guanidine groups is 1. The lowest BCUT2D eigenvalue weighted by Crippen LogP contribution is -2.44. The number of hydrogen-bond acceptors (Lipinski definition) is 3. The van der Waals surface area contributed by atoms with Gasteiger partial charge in [-0.3, -0.25) is 4.99 Å². The SMILES string of the molecule is CCCC(C)C1CN=C(N)N1c1ccc(Cl)c(Br)c1. The van der Waals surface area contributed by atoms with E-state index in [0.29, 0.717) is 22.9 Å². The van der Waals surface area contributed by atoms with Crippen LogP contribution < -0.4 is 10.6 Å². The van der Waals surface area contributed by atoms with Crippen molar-refractivity contribution in [1.82, 2.24) is 0 Å². The Kier molecular flexibility index (Phi) is 4.74. The Labute approximate surface area is 128 Å². The van der Waals surface area contributed by atoms with Gasteiger partial charge >= 0.3 is 0 Å². The monoisotopic (exact) mass is 343 g/mol. The van der Waals surface area contributed by atoms with E-state index in [4.69, 9.17) is 17.3 Å². The van der Waals surface area contributed by atoms with Gasteiger partial charge in [-0.2, -0.15) is 0 Å². The van der Waals surface area contributed by atoms with Gasteiger partial charge in [-0.25, -0.2) is 0 Å². The predicted octanol–water partition coefficient (Wildman–Crippen LogP) is 4.04. The molecule has 3 nitrogen and oxygen atoms in total. The highest BCUT2D eigenvalue weighted by atomic mass is 79.9. The van der Waals surface area contributed by atoms with Crippen LogP contribution in [-0.2, 0) is 0 Å². The minimum Gasteiger partial charge on any atom is -0.370 e. The summed E-state index contributed by atoms with van der Waals surface area (Å²) in [6.07, 6.45) is 2.36. The molecule has 0 saturated heterocycles. The topological polar surface area (TPSA) is 41.6 Å². The van der Waals surface area contributed by atoms with Crippen molar-refractivity contribution in [2.24, 2.45) is 16.6 Å². The quantitative estimate of drug-likeness (QED) is 0.895. The van der Waals surface area contributed by atoms with Crippen molar-refractivity contribution in [3.05, 3.63) is 27.7 Å². The number of benzene rings is 1. The largest absolute Gasteiger partial charge is 0.370 e. The van der Waals surface area contributed by atoms with Gasteiger partial charge in [-0.1, -0.05) is 31.9 Å². The highest BCUT2D eigenvalue weighted by Crippen LogP contribution is 2.32. The van der Waals surface area contributed by atoms with Gasteiger partial charge in [0.05, 0.1) is 17.6 Å². The van der Waals surface area contributed by atoms with Gasteiger partial charge in [0.1, 0.15) is 0 Å². The normalized spacial score (nSPS) is 20.5. The summed E-state index contributed by atoms with van der Waals surface area (Å²) in [5, 5.41) is 0.705. The van der Waals surface area contributed by atoms with E-state index in [1.807, 2.05) is 18.2 Å². The first-order valence-corrected chi connectivity index (χ1v) is 7.76. The lowest BCUT2D eigenvalue weighted by Gasteiger charge is -2.31. The maximum atomic E-state index is 6.05. The highest BCUT2D eigenvalue weighted by Gasteiger charge is 2.31. The van der Waals surface area contributed by atoms with Gasteiger partial charge in [-0.15, -0.1) is 0 Å². The molecule has 2 N–H and O–H groups in total. The maximum absolute atomic E-state index is 6.05. The molecule has 0 fully saturated rings. The first-order chi connectivity index (χ1) is 9.04. The molecule has 0 bridgehead atoms. The summed E-state index contributed by atoms with van der Waals surface area (Å²) in [4.78, 5) is 6.53. The molecule has 1 aromatic carbocycles. The fourth-order valence-corrected chi connectivity index (χ4v) is 3.04. The first kappa shape index (κ1) is 14.7. The van der Waals surface area contributed by atoms with Crippen molar-refractivity contribution in [2.45, 2.75) is 32.7 Å². The highest BCUT2D eigenvalue weighted by molar-refractivity contribution is 9.10. The lowest BCUT2D eigenvalue weighted by atomic mass is 9.96. The molecule has 1 aliphatic rings. The van der Waals surface area contributed by atoms with E-state index in [2.05, 4.69) is 39.7 Å². The smallest absolute Gasteiger partial charge is 0.196 e. The molecule has 0 spiro atoms. The second kappa shape index (κ2) is 6.14. The zero-order valence-corrected chi connectivity index (χ0v) is 13.6. The van der Waals surface area contributed by atoms with Crippen LogP contribution in [0.2, 0.25) is 5.02 Å². The van der Waals surface area contributed by atoms with E-state index >= 15 is 0 Å². The molecule has 1 aromatic rings. The Balaban J connectivity index is 2.28. The molecular weight excluding hydrogens is 326 g/mol. The number of nitrogens with zero attached hydrogens (tertiary/aromatic N) is 2. The van der Waals surface area contributed by atoms with Gasteiger partial charge in [0.25, 0.3) is 0 Å². The average molecular weight is 345 g/mol. The van der Waals surface area contributed by atoms with Crippen LogP contribution in [0.1, 0.15) is 26.7 Å². The van der Waals surface area contributed by atoms with Crippen LogP contribution in [0.15, 0.2) is 27.7 Å². The molecule has 0 aromatic heterocycles. The van der Waals surface area contributed by atoms with Crippen molar-refractivity contribution in [1.29, 1.82) is 0 Å². The van der Waals surface area contributed by atoms with Crippen LogP contribution in [0.5, 0.6) is 0 Å². The number of nitrogens with two attached hydrogens (primary N) is 1. The van der Waals surface area contributed by atoms with E-state index in [-0.39, 0.29) is 0 Å². The molecule has 2 atom stereocenters. The van der Waals surface area contributed by atoms with E-state index in [0.717, 1.165) is 16.7 Å². The Hall–Kier alpha value is -0.740. The molecule has 0 amide bonds. The van der Waals surface area contributed by atoms with E-state index in [9.17, 15) is 0 Å². The molecule has 0 saturated carbocycles. The molecule has 2 rings (SSSR count). The summed E-state index contributed by atoms with van der Waals surface area (Å²) in [7, 11) is 0. The van der Waals surface area contributed by atoms with Crippen molar-refractivity contribution >= 4 is 39.2 Å². The van der Waals surface area contributed by atoms with Crippen LogP contribution in [0.4, 0.5) is 5.69 Å². The van der Waals surface area contributed by atoms with Gasteiger partial charge in [0.2, 0.25) is 0 Å². The Morgan fingerprint density at radius 1 is 1.58 bits per heavy atom. The second-order valence-electron chi connectivity index (χ2n) is 5.00. The minimum absolute atomic E-state index is 0.341. The fourth-order valence-electron chi connectivity index (χ4n) is 2.56. The Morgan fingerprint density at radius 2 is 2.32 bits per heavy atom. The maximum Gasteiger partial charge on any atom is 0.196 e. The Morgan fingerprint density at radius 3 is 2.95 bits per heavy atom. The average Bonchev–Trinajstić information content (AvgIpc) is 2.75. The van der Waals surface area contributed by atoms with Crippen molar-refractivity contribution in [3.8, 4) is 0 Å². The number of anilines is 1. The third kappa shape index (κ3) is 3.06. The minimum atomic E-state index is 0.341. The van der Waals surface area contributed by atoms with Crippen LogP contribution in [0, 0.1) is 5.92 Å². The summed E-state index contributed by atoms with van der Waals surface area (Å²) >= 11 is 9.51. The zero-order chi connectivity index (χ0) is 14.0. The van der Waals surface area contributed by atoms with Crippen LogP contribution >= 0.6 is 27.5 Å². The van der Waals surface area contributed by atoms with Crippen LogP contribution in [-0.4, -0.2) is 18.5 Å². The van der Waals surface area contributed by atoms with Gasteiger partial charge in [-0.05, 0) is 46.5 Å². The summed E-state index contributed by atoms with van der Waals surface area (Å²) in [6.45, 7) is 5.24. The molecule has 5 heteroatoms. The molecule has 0 radical (unpaired) electrons. The summed E-state index contributed by atoms with van der Waals surface area (Å²) in [5.41, 5.74) is 7.10. The fraction of sp³-hybridized carbons (Fsp3) is 0.500. The van der Waals surface area contributed by atoms with Gasteiger partial charge in [0, 0.05) is 10.2 Å². The predicted molar refractivity (Wildman–Crippen MR) is 86.0 cm³/mol.